The normalized spacial score (nSPS) is 10.8. The Kier molecular flexibility index (Phi) is 5.29. The predicted octanol–water partition coefficient (Wildman–Crippen LogP) is 3.45. The van der Waals surface area contributed by atoms with Gasteiger partial charge in [0, 0.05) is 28.1 Å². The summed E-state index contributed by atoms with van der Waals surface area (Å²) in [7, 11) is 0. The Hall–Kier alpha value is -2.19. The number of rotatable bonds is 5. The van der Waals surface area contributed by atoms with Gasteiger partial charge in [0.2, 0.25) is 0 Å². The van der Waals surface area contributed by atoms with E-state index >= 15 is 0 Å². The van der Waals surface area contributed by atoms with Crippen LogP contribution in [0.1, 0.15) is 20.8 Å². The molecule has 0 atom stereocenters. The van der Waals surface area contributed by atoms with Crippen LogP contribution in [0.15, 0.2) is 39.6 Å². The lowest BCUT2D eigenvalue weighted by atomic mass is 10.2. The highest BCUT2D eigenvalue weighted by Gasteiger charge is 2.10. The van der Waals surface area contributed by atoms with Gasteiger partial charge in [0.1, 0.15) is 0 Å². The lowest BCUT2D eigenvalue weighted by molar-refractivity contribution is -0.384. The molecule has 0 aliphatic carbocycles. The molecule has 0 radical (unpaired) electrons. The van der Waals surface area contributed by atoms with Crippen molar-refractivity contribution in [2.45, 2.75) is 11.1 Å². The highest BCUT2D eigenvalue weighted by Crippen LogP contribution is 2.28. The number of nitro benzene ring substituents is 1. The molecule has 1 aromatic heterocycles. The zero-order valence-electron chi connectivity index (χ0n) is 11.9. The fourth-order valence-corrected chi connectivity index (χ4v) is 3.53. The molecule has 0 saturated carbocycles. The van der Waals surface area contributed by atoms with Gasteiger partial charge < -0.3 is 0 Å². The summed E-state index contributed by atoms with van der Waals surface area (Å²) < 4.78 is 1.12. The van der Waals surface area contributed by atoms with Crippen molar-refractivity contribution < 1.29 is 9.72 Å². The van der Waals surface area contributed by atoms with E-state index in [2.05, 4.69) is 10.5 Å². The minimum atomic E-state index is -0.543. The monoisotopic (exact) mass is 335 g/mol. The number of hydrogen-bond acceptors (Lipinski definition) is 6. The molecule has 1 amide bonds. The highest BCUT2D eigenvalue weighted by molar-refractivity contribution is 8.00. The Labute approximate surface area is 135 Å². The molecule has 0 spiro atoms. The summed E-state index contributed by atoms with van der Waals surface area (Å²) in [6, 6.07) is 7.50. The van der Waals surface area contributed by atoms with E-state index in [-0.39, 0.29) is 11.3 Å². The van der Waals surface area contributed by atoms with E-state index in [1.165, 1.54) is 24.3 Å². The van der Waals surface area contributed by atoms with Gasteiger partial charge in [-0.15, -0.1) is 23.1 Å². The van der Waals surface area contributed by atoms with E-state index in [0.717, 1.165) is 14.6 Å². The van der Waals surface area contributed by atoms with E-state index in [4.69, 9.17) is 0 Å². The maximum absolute atomic E-state index is 11.9. The fraction of sp³-hybridized carbons (Fsp3) is 0.143. The van der Waals surface area contributed by atoms with Crippen molar-refractivity contribution in [1.82, 2.24) is 5.43 Å². The van der Waals surface area contributed by atoms with Crippen LogP contribution in [0.2, 0.25) is 0 Å². The number of thioether (sulfide) groups is 1. The van der Waals surface area contributed by atoms with Crippen LogP contribution in [0.25, 0.3) is 0 Å². The molecular formula is C14H13N3O3S2. The summed E-state index contributed by atoms with van der Waals surface area (Å²) in [5.74, 6) is -0.488. The average Bonchev–Trinajstić information content (AvgIpc) is 2.87. The minimum absolute atomic E-state index is 0.130. The van der Waals surface area contributed by atoms with Gasteiger partial charge >= 0.3 is 0 Å². The van der Waals surface area contributed by atoms with Gasteiger partial charge in [0.05, 0.1) is 15.3 Å². The molecule has 2 aromatic rings. The van der Waals surface area contributed by atoms with Crippen LogP contribution in [-0.2, 0) is 0 Å². The van der Waals surface area contributed by atoms with E-state index in [1.54, 1.807) is 29.3 Å². The molecule has 0 unspecified atom stereocenters. The average molecular weight is 335 g/mol. The lowest BCUT2D eigenvalue weighted by Gasteiger charge is -1.99. The van der Waals surface area contributed by atoms with E-state index < -0.39 is 10.8 Å². The van der Waals surface area contributed by atoms with E-state index in [1.807, 2.05) is 19.2 Å². The van der Waals surface area contributed by atoms with Crippen LogP contribution in [0, 0.1) is 17.0 Å². The summed E-state index contributed by atoms with van der Waals surface area (Å²) in [5.41, 5.74) is 3.38. The third-order valence-electron chi connectivity index (χ3n) is 2.72. The first-order valence-corrected chi connectivity index (χ1v) is 8.27. The van der Waals surface area contributed by atoms with Crippen molar-refractivity contribution >= 4 is 40.9 Å². The molecule has 0 aliphatic heterocycles. The summed E-state index contributed by atoms with van der Waals surface area (Å²) in [6.45, 7) is 2.00. The Balaban J connectivity index is 2.07. The molecular weight excluding hydrogens is 322 g/mol. The molecule has 8 heteroatoms. The number of aryl methyl sites for hydroxylation is 1. The fourth-order valence-electron chi connectivity index (χ4n) is 1.75. The Morgan fingerprint density at radius 2 is 2.23 bits per heavy atom. The number of thiophene rings is 1. The molecule has 1 heterocycles. The second kappa shape index (κ2) is 7.19. The van der Waals surface area contributed by atoms with Gasteiger partial charge in [-0.3, -0.25) is 14.9 Å². The van der Waals surface area contributed by atoms with E-state index in [0.29, 0.717) is 0 Å². The SMILES string of the molecule is CSc1sc(C)cc1/C=N\NC(=O)c1cccc([N+](=O)[O-])c1. The summed E-state index contributed by atoms with van der Waals surface area (Å²) in [4.78, 5) is 23.2. The number of carbonyl (C=O) groups is 1. The van der Waals surface area contributed by atoms with Gasteiger partial charge in [-0.2, -0.15) is 5.10 Å². The maximum Gasteiger partial charge on any atom is 0.271 e. The molecule has 0 fully saturated rings. The third kappa shape index (κ3) is 3.92. The van der Waals surface area contributed by atoms with Crippen LogP contribution in [-0.4, -0.2) is 23.3 Å². The smallest absolute Gasteiger partial charge is 0.267 e. The topological polar surface area (TPSA) is 84.6 Å². The standard InChI is InChI=1S/C14H13N3O3S2/c1-9-6-11(14(21-2)22-9)8-15-16-13(18)10-4-3-5-12(7-10)17(19)20/h3-8H,1-2H3,(H,16,18)/b15-8-. The minimum Gasteiger partial charge on any atom is -0.267 e. The van der Waals surface area contributed by atoms with Crippen LogP contribution in [0.3, 0.4) is 0 Å². The molecule has 2 rings (SSSR count). The second-order valence-corrected chi connectivity index (χ2v) is 6.64. The molecule has 114 valence electrons. The zero-order valence-corrected chi connectivity index (χ0v) is 13.5. The molecule has 1 N–H and O–H groups in total. The van der Waals surface area contributed by atoms with Gasteiger partial charge in [-0.25, -0.2) is 5.43 Å². The van der Waals surface area contributed by atoms with Crippen LogP contribution >= 0.6 is 23.1 Å². The third-order valence-corrected chi connectivity index (χ3v) is 4.94. The number of nitro groups is 1. The molecule has 0 saturated heterocycles. The number of carbonyl (C=O) groups excluding carboxylic acids is 1. The Bertz CT molecular complexity index is 741. The van der Waals surface area contributed by atoms with Crippen molar-refractivity contribution in [3.8, 4) is 0 Å². The summed E-state index contributed by atoms with van der Waals surface area (Å²) in [5, 5.41) is 14.6. The quantitative estimate of drug-likeness (QED) is 0.392. The van der Waals surface area contributed by atoms with Gasteiger partial charge in [0.15, 0.2) is 0 Å². The first-order valence-electron chi connectivity index (χ1n) is 6.23. The Morgan fingerprint density at radius 1 is 1.45 bits per heavy atom. The number of hydrogen-bond donors (Lipinski definition) is 1. The van der Waals surface area contributed by atoms with Crippen molar-refractivity contribution in [1.29, 1.82) is 0 Å². The molecule has 6 nitrogen and oxygen atoms in total. The first-order chi connectivity index (χ1) is 10.5. The maximum atomic E-state index is 11.9. The van der Waals surface area contributed by atoms with Gasteiger partial charge in [-0.1, -0.05) is 6.07 Å². The number of nitrogens with zero attached hydrogens (tertiary/aromatic N) is 2. The molecule has 22 heavy (non-hydrogen) atoms. The number of non-ortho nitro benzene ring substituents is 1. The van der Waals surface area contributed by atoms with Gasteiger partial charge in [-0.05, 0) is 25.3 Å². The van der Waals surface area contributed by atoms with Crippen LogP contribution in [0.5, 0.6) is 0 Å². The highest BCUT2D eigenvalue weighted by atomic mass is 32.2. The second-order valence-electron chi connectivity index (χ2n) is 4.31. The summed E-state index contributed by atoms with van der Waals surface area (Å²) in [6.07, 6.45) is 3.55. The van der Waals surface area contributed by atoms with Crippen LogP contribution < -0.4 is 5.43 Å². The van der Waals surface area contributed by atoms with Crippen molar-refractivity contribution in [2.24, 2.45) is 5.10 Å². The van der Waals surface area contributed by atoms with Crippen molar-refractivity contribution in [3.63, 3.8) is 0 Å². The van der Waals surface area contributed by atoms with Gasteiger partial charge in [0.25, 0.3) is 11.6 Å². The molecule has 0 bridgehead atoms. The molecule has 0 aliphatic rings. The van der Waals surface area contributed by atoms with Crippen molar-refractivity contribution in [2.75, 3.05) is 6.26 Å². The number of nitrogens with one attached hydrogen (secondary N) is 1. The summed E-state index contributed by atoms with van der Waals surface area (Å²) >= 11 is 3.28. The van der Waals surface area contributed by atoms with Crippen LogP contribution in [0.4, 0.5) is 5.69 Å². The Morgan fingerprint density at radius 3 is 2.91 bits per heavy atom. The largest absolute Gasteiger partial charge is 0.271 e. The van der Waals surface area contributed by atoms with Crippen molar-refractivity contribution in [3.05, 3.63) is 56.5 Å². The first kappa shape index (κ1) is 16.2. The zero-order chi connectivity index (χ0) is 16.1. The number of benzene rings is 1. The van der Waals surface area contributed by atoms with E-state index in [9.17, 15) is 14.9 Å². The predicted molar refractivity (Wildman–Crippen MR) is 89.0 cm³/mol. The lowest BCUT2D eigenvalue weighted by Crippen LogP contribution is -2.17. The number of hydrazone groups is 1. The molecule has 1 aromatic carbocycles. The number of amides is 1.